The quantitative estimate of drug-likeness (QED) is 0.121. The molecule has 4 N–H and O–H groups in total. The van der Waals surface area contributed by atoms with Crippen molar-refractivity contribution < 1.29 is 15.3 Å². The fourth-order valence-electron chi connectivity index (χ4n) is 5.52. The fourth-order valence-corrected chi connectivity index (χ4v) is 5.52. The van der Waals surface area contributed by atoms with Gasteiger partial charge in [-0.15, -0.1) is 0 Å². The number of hydrogen-bond donors (Lipinski definition) is 4. The number of aromatic nitrogens is 7. The first-order valence-electron chi connectivity index (χ1n) is 16.7. The molecule has 10 aromatic rings. The molecule has 54 heavy (non-hydrogen) atoms. The molecule has 5 aromatic heterocycles. The molecule has 0 aliphatic rings. The molecule has 0 atom stereocenters. The van der Waals surface area contributed by atoms with Crippen LogP contribution in [0.3, 0.4) is 0 Å². The van der Waals surface area contributed by atoms with E-state index in [0.29, 0.717) is 27.6 Å². The summed E-state index contributed by atoms with van der Waals surface area (Å²) >= 11 is 0. The van der Waals surface area contributed by atoms with E-state index in [4.69, 9.17) is 0 Å². The molecule has 262 valence electrons. The van der Waals surface area contributed by atoms with Crippen LogP contribution in [0.25, 0.3) is 66.3 Å². The lowest BCUT2D eigenvalue weighted by Gasteiger charge is -2.04. The van der Waals surface area contributed by atoms with Gasteiger partial charge in [-0.25, -0.2) is 19.9 Å². The zero-order valence-electron chi connectivity index (χ0n) is 28.5. The van der Waals surface area contributed by atoms with E-state index in [0.717, 1.165) is 38.7 Å². The molecule has 0 saturated carbocycles. The van der Waals surface area contributed by atoms with E-state index in [9.17, 15) is 20.1 Å². The summed E-state index contributed by atoms with van der Waals surface area (Å²) in [7, 11) is 0. The standard InChI is InChI=1S/C15H11NO.C12H8N2O.2C8H6N2O/c17-15-8-4-2-6-12(15)14-10-9-11-5-1-3-7-13(11)16-14;15-11-7-3-6-10-12(11)14-9-5-2-1-4-8(9)13-10;11-7-3-5-9-6-2-1-4-10-8(6)7;11-7-3-1-2-6-8(7)10-5-4-9-6/h1-10,17H;1-7,15H;1-5H,(H,9,11);1-5,11H. The predicted molar refractivity (Wildman–Crippen MR) is 211 cm³/mol. The lowest BCUT2D eigenvalue weighted by molar-refractivity contribution is 0.477. The van der Waals surface area contributed by atoms with Crippen LogP contribution >= 0.6 is 0 Å². The largest absolute Gasteiger partial charge is 0.507 e. The Morgan fingerprint density at radius 1 is 0.426 bits per heavy atom. The average molecular weight is 710 g/mol. The second-order valence-electron chi connectivity index (χ2n) is 11.7. The van der Waals surface area contributed by atoms with Crippen molar-refractivity contribution in [2.75, 3.05) is 0 Å². The molecule has 0 saturated heterocycles. The number of phenolic OH excluding ortho intramolecular Hbond substituents is 3. The second kappa shape index (κ2) is 16.0. The van der Waals surface area contributed by atoms with Gasteiger partial charge >= 0.3 is 0 Å². The maximum absolute atomic E-state index is 11.1. The fraction of sp³-hybridized carbons (Fsp3) is 0. The van der Waals surface area contributed by atoms with Crippen LogP contribution in [-0.2, 0) is 0 Å². The Bertz CT molecular complexity index is 2930. The van der Waals surface area contributed by atoms with Gasteiger partial charge in [0, 0.05) is 41.8 Å². The number of rotatable bonds is 1. The van der Waals surface area contributed by atoms with Gasteiger partial charge in [-0.1, -0.05) is 60.7 Å². The first kappa shape index (κ1) is 34.6. The van der Waals surface area contributed by atoms with Gasteiger partial charge in [0.1, 0.15) is 33.8 Å². The Balaban J connectivity index is 0.000000113. The number of aromatic hydroxyl groups is 3. The minimum absolute atomic E-state index is 0.0423. The van der Waals surface area contributed by atoms with Crippen LogP contribution in [0.4, 0.5) is 0 Å². The minimum atomic E-state index is -0.0423. The summed E-state index contributed by atoms with van der Waals surface area (Å²) in [4.78, 5) is 39.3. The first-order valence-corrected chi connectivity index (χ1v) is 16.7. The monoisotopic (exact) mass is 709 g/mol. The zero-order valence-corrected chi connectivity index (χ0v) is 28.5. The van der Waals surface area contributed by atoms with Gasteiger partial charge in [0.25, 0.3) is 0 Å². The lowest BCUT2D eigenvalue weighted by atomic mass is 10.1. The van der Waals surface area contributed by atoms with Gasteiger partial charge < -0.3 is 20.3 Å². The number of pyridine rings is 3. The third kappa shape index (κ3) is 7.90. The van der Waals surface area contributed by atoms with E-state index in [1.54, 1.807) is 67.3 Å². The highest BCUT2D eigenvalue weighted by molar-refractivity contribution is 5.89. The van der Waals surface area contributed by atoms with Gasteiger partial charge in [0.05, 0.1) is 38.8 Å². The van der Waals surface area contributed by atoms with Gasteiger partial charge in [-0.2, -0.15) is 0 Å². The van der Waals surface area contributed by atoms with Crippen LogP contribution in [0, 0.1) is 0 Å². The van der Waals surface area contributed by atoms with Crippen molar-refractivity contribution in [3.63, 3.8) is 0 Å². The summed E-state index contributed by atoms with van der Waals surface area (Å²) in [5.74, 6) is 0.608. The number of nitrogens with zero attached hydrogens (tertiary/aromatic N) is 6. The van der Waals surface area contributed by atoms with Crippen molar-refractivity contribution in [3.05, 3.63) is 175 Å². The Morgan fingerprint density at radius 3 is 1.83 bits per heavy atom. The summed E-state index contributed by atoms with van der Waals surface area (Å²) in [6.07, 6.45) is 6.38. The molecule has 0 amide bonds. The van der Waals surface area contributed by atoms with E-state index in [1.165, 1.54) is 6.07 Å². The summed E-state index contributed by atoms with van der Waals surface area (Å²) in [5.41, 5.74) is 7.90. The van der Waals surface area contributed by atoms with Crippen molar-refractivity contribution in [2.24, 2.45) is 0 Å². The molecule has 0 bridgehead atoms. The highest BCUT2D eigenvalue weighted by atomic mass is 16.3. The van der Waals surface area contributed by atoms with E-state index in [2.05, 4.69) is 34.9 Å². The third-order valence-electron chi connectivity index (χ3n) is 8.12. The maximum atomic E-state index is 11.1. The van der Waals surface area contributed by atoms with Crippen LogP contribution < -0.4 is 5.43 Å². The number of H-pyrrole nitrogens is 1. The molecule has 10 rings (SSSR count). The Kier molecular flexibility index (Phi) is 10.3. The molecule has 5 aromatic carbocycles. The molecule has 0 spiro atoms. The van der Waals surface area contributed by atoms with E-state index in [-0.39, 0.29) is 22.7 Å². The number of fused-ring (bicyclic) bond motifs is 5. The second-order valence-corrected chi connectivity index (χ2v) is 11.7. The SMILES string of the molecule is O=c1cc[nH]c2cccnc12.Oc1cccc2nc3ccccc3nc12.Oc1cccc2nccnc12.Oc1ccccc1-c1ccc2ccccc2n1. The van der Waals surface area contributed by atoms with Crippen molar-refractivity contribution >= 4 is 55.0 Å². The summed E-state index contributed by atoms with van der Waals surface area (Å²) < 4.78 is 0. The van der Waals surface area contributed by atoms with E-state index < -0.39 is 0 Å². The summed E-state index contributed by atoms with van der Waals surface area (Å²) in [6.45, 7) is 0. The van der Waals surface area contributed by atoms with Crippen molar-refractivity contribution in [1.29, 1.82) is 0 Å². The van der Waals surface area contributed by atoms with Gasteiger partial charge in [-0.05, 0) is 72.8 Å². The normalized spacial score (nSPS) is 10.5. The number of para-hydroxylation sites is 6. The zero-order chi connectivity index (χ0) is 37.3. The minimum Gasteiger partial charge on any atom is -0.507 e. The molecule has 0 aliphatic heterocycles. The number of aromatic amines is 1. The Morgan fingerprint density at radius 2 is 1.06 bits per heavy atom. The Labute approximate surface area is 307 Å². The lowest BCUT2D eigenvalue weighted by Crippen LogP contribution is -2.01. The number of nitrogens with one attached hydrogen (secondary N) is 1. The Hall–Kier alpha value is -7.79. The third-order valence-corrected chi connectivity index (χ3v) is 8.12. The van der Waals surface area contributed by atoms with Crippen LogP contribution in [0.2, 0.25) is 0 Å². The molecule has 11 nitrogen and oxygen atoms in total. The average Bonchev–Trinajstić information content (AvgIpc) is 3.22. The topological polar surface area (TPSA) is 171 Å². The molecule has 0 radical (unpaired) electrons. The van der Waals surface area contributed by atoms with Gasteiger partial charge in [0.2, 0.25) is 5.43 Å². The van der Waals surface area contributed by atoms with Crippen LogP contribution in [0.5, 0.6) is 17.2 Å². The number of phenols is 3. The molecule has 5 heterocycles. The summed E-state index contributed by atoms with van der Waals surface area (Å²) in [6, 6.07) is 42.2. The molecular weight excluding hydrogens is 679 g/mol. The smallest absolute Gasteiger partial charge is 0.207 e. The molecule has 0 aliphatic carbocycles. The van der Waals surface area contributed by atoms with E-state index in [1.807, 2.05) is 91.0 Å². The highest BCUT2D eigenvalue weighted by Crippen LogP contribution is 2.28. The predicted octanol–water partition coefficient (Wildman–Crippen LogP) is 8.35. The molecule has 0 unspecified atom stereocenters. The molecular formula is C43H31N7O4. The maximum Gasteiger partial charge on any atom is 0.207 e. The van der Waals surface area contributed by atoms with Crippen LogP contribution in [0.1, 0.15) is 0 Å². The first-order chi connectivity index (χ1) is 26.4. The van der Waals surface area contributed by atoms with Gasteiger partial charge in [-0.3, -0.25) is 14.8 Å². The highest BCUT2D eigenvalue weighted by Gasteiger charge is 2.06. The molecule has 0 fully saturated rings. The number of hydrogen-bond acceptors (Lipinski definition) is 10. The van der Waals surface area contributed by atoms with Crippen LogP contribution in [0.15, 0.2) is 169 Å². The van der Waals surface area contributed by atoms with E-state index >= 15 is 0 Å². The van der Waals surface area contributed by atoms with Crippen molar-refractivity contribution in [1.82, 2.24) is 34.9 Å². The number of benzene rings is 5. The van der Waals surface area contributed by atoms with Crippen LogP contribution in [-0.4, -0.2) is 50.2 Å². The van der Waals surface area contributed by atoms with Crippen molar-refractivity contribution in [2.45, 2.75) is 0 Å². The van der Waals surface area contributed by atoms with Crippen molar-refractivity contribution in [3.8, 4) is 28.5 Å². The van der Waals surface area contributed by atoms with Gasteiger partial charge in [0.15, 0.2) is 0 Å². The summed E-state index contributed by atoms with van der Waals surface area (Å²) in [5, 5.41) is 29.8. The molecule has 11 heteroatoms.